The summed E-state index contributed by atoms with van der Waals surface area (Å²) in [5, 5.41) is 1.10. The van der Waals surface area contributed by atoms with E-state index in [1.165, 1.54) is 17.8 Å². The van der Waals surface area contributed by atoms with Crippen LogP contribution < -0.4 is 4.72 Å². The van der Waals surface area contributed by atoms with E-state index in [1.807, 2.05) is 0 Å². The Morgan fingerprint density at radius 2 is 2.14 bits per heavy atom. The number of terminal acetylenes is 1. The number of thioether (sulfide) groups is 1. The van der Waals surface area contributed by atoms with Gasteiger partial charge in [-0.2, -0.15) is 0 Å². The van der Waals surface area contributed by atoms with E-state index in [4.69, 9.17) is 18.0 Å². The molecule has 0 fully saturated rings. The number of benzene rings is 1. The number of aromatic nitrogens is 1. The van der Waals surface area contributed by atoms with Crippen LogP contribution in [0, 0.1) is 12.3 Å². The summed E-state index contributed by atoms with van der Waals surface area (Å²) in [4.78, 5) is 4.33. The molecule has 0 atom stereocenters. The van der Waals surface area contributed by atoms with Crippen molar-refractivity contribution in [3.63, 3.8) is 0 Å². The van der Waals surface area contributed by atoms with E-state index in [-0.39, 0.29) is 4.90 Å². The van der Waals surface area contributed by atoms with Crippen LogP contribution >= 0.6 is 23.4 Å². The Morgan fingerprint density at radius 3 is 2.90 bits per heavy atom. The first-order valence-electron chi connectivity index (χ1n) is 6.10. The van der Waals surface area contributed by atoms with Crippen LogP contribution in [-0.2, 0) is 10.0 Å². The Morgan fingerprint density at radius 1 is 1.33 bits per heavy atom. The zero-order valence-corrected chi connectivity index (χ0v) is 13.4. The first-order valence-corrected chi connectivity index (χ1v) is 9.12. The second-order valence-electron chi connectivity index (χ2n) is 4.14. The van der Waals surface area contributed by atoms with E-state index in [0.29, 0.717) is 28.7 Å². The summed E-state index contributed by atoms with van der Waals surface area (Å²) in [6.07, 6.45) is 5.13. The van der Waals surface area contributed by atoms with Crippen LogP contribution in [0.15, 0.2) is 35.2 Å². The predicted molar refractivity (Wildman–Crippen MR) is 88.1 cm³/mol. The molecular formula is C14H13ClN2O2S2. The highest BCUT2D eigenvalue weighted by Crippen LogP contribution is 2.19. The van der Waals surface area contributed by atoms with Crippen LogP contribution in [0.4, 0.5) is 0 Å². The average molecular weight is 341 g/mol. The summed E-state index contributed by atoms with van der Waals surface area (Å²) in [5.74, 6) is 3.70. The van der Waals surface area contributed by atoms with Gasteiger partial charge in [-0.15, -0.1) is 18.2 Å². The molecule has 0 unspecified atom stereocenters. The highest BCUT2D eigenvalue weighted by molar-refractivity contribution is 7.99. The molecule has 1 aromatic heterocycles. The lowest BCUT2D eigenvalue weighted by Crippen LogP contribution is -2.26. The lowest BCUT2D eigenvalue weighted by Gasteiger charge is -2.07. The van der Waals surface area contributed by atoms with Gasteiger partial charge in [0.2, 0.25) is 10.0 Å². The van der Waals surface area contributed by atoms with Gasteiger partial charge in [0, 0.05) is 17.7 Å². The molecule has 4 nitrogen and oxygen atoms in total. The Balaban J connectivity index is 2.13. The molecule has 7 heteroatoms. The van der Waals surface area contributed by atoms with Crippen molar-refractivity contribution in [1.82, 2.24) is 9.71 Å². The van der Waals surface area contributed by atoms with Crippen molar-refractivity contribution < 1.29 is 8.42 Å². The van der Waals surface area contributed by atoms with E-state index in [9.17, 15) is 8.42 Å². The van der Waals surface area contributed by atoms with Gasteiger partial charge in [0.15, 0.2) is 0 Å². The summed E-state index contributed by atoms with van der Waals surface area (Å²) in [7, 11) is -3.52. The number of fused-ring (bicyclic) bond motifs is 1. The molecule has 0 saturated heterocycles. The van der Waals surface area contributed by atoms with Crippen LogP contribution in [0.1, 0.15) is 0 Å². The highest BCUT2D eigenvalue weighted by Gasteiger charge is 2.14. The molecular weight excluding hydrogens is 328 g/mol. The number of sulfonamides is 1. The van der Waals surface area contributed by atoms with Crippen LogP contribution in [-0.4, -0.2) is 31.5 Å². The number of halogens is 1. The standard InChI is InChI=1S/C14H13ClN2O2S2/c1-2-8-20-9-7-16-21(18,19)12-4-5-13-11(10-12)3-6-14(15)17-13/h1,3-6,10,16H,7-9H2. The van der Waals surface area contributed by atoms with Gasteiger partial charge in [0.05, 0.1) is 16.2 Å². The van der Waals surface area contributed by atoms with Crippen molar-refractivity contribution >= 4 is 44.3 Å². The van der Waals surface area contributed by atoms with Crippen LogP contribution in [0.25, 0.3) is 10.9 Å². The molecule has 2 rings (SSSR count). The quantitative estimate of drug-likeness (QED) is 0.499. The fourth-order valence-electron chi connectivity index (χ4n) is 1.71. The smallest absolute Gasteiger partial charge is 0.236 e. The first kappa shape index (κ1) is 16.1. The number of hydrogen-bond acceptors (Lipinski definition) is 4. The lowest BCUT2D eigenvalue weighted by molar-refractivity contribution is 0.584. The molecule has 0 spiro atoms. The van der Waals surface area contributed by atoms with E-state index < -0.39 is 10.0 Å². The molecule has 0 radical (unpaired) electrons. The monoisotopic (exact) mass is 340 g/mol. The summed E-state index contributed by atoms with van der Waals surface area (Å²) in [6.45, 7) is 0.339. The molecule has 0 aliphatic carbocycles. The molecule has 110 valence electrons. The fourth-order valence-corrected chi connectivity index (χ4v) is 3.57. The van der Waals surface area contributed by atoms with Crippen molar-refractivity contribution in [2.45, 2.75) is 4.90 Å². The largest absolute Gasteiger partial charge is 0.240 e. The molecule has 0 aliphatic heterocycles. The molecule has 0 aliphatic rings. The van der Waals surface area contributed by atoms with Crippen LogP contribution in [0.5, 0.6) is 0 Å². The maximum absolute atomic E-state index is 12.2. The SMILES string of the molecule is C#CCSCCNS(=O)(=O)c1ccc2nc(Cl)ccc2c1. The van der Waals surface area contributed by atoms with Crippen molar-refractivity contribution in [2.24, 2.45) is 0 Å². The second kappa shape index (κ2) is 7.14. The molecule has 1 N–H and O–H groups in total. The van der Waals surface area contributed by atoms with E-state index in [0.717, 1.165) is 5.39 Å². The lowest BCUT2D eigenvalue weighted by atomic mass is 10.2. The molecule has 1 heterocycles. The third kappa shape index (κ3) is 4.35. The third-order valence-electron chi connectivity index (χ3n) is 2.66. The summed E-state index contributed by atoms with van der Waals surface area (Å²) in [6, 6.07) is 8.11. The van der Waals surface area contributed by atoms with Crippen LogP contribution in [0.2, 0.25) is 5.15 Å². The zero-order chi connectivity index (χ0) is 15.3. The maximum Gasteiger partial charge on any atom is 0.240 e. The zero-order valence-electron chi connectivity index (χ0n) is 11.0. The van der Waals surface area contributed by atoms with Gasteiger partial charge in [-0.1, -0.05) is 17.5 Å². The average Bonchev–Trinajstić information content (AvgIpc) is 2.46. The molecule has 21 heavy (non-hydrogen) atoms. The molecule has 1 aromatic carbocycles. The minimum atomic E-state index is -3.52. The second-order valence-corrected chi connectivity index (χ2v) is 7.40. The normalized spacial score (nSPS) is 11.4. The number of nitrogens with zero attached hydrogens (tertiary/aromatic N) is 1. The number of nitrogens with one attached hydrogen (secondary N) is 1. The molecule has 0 amide bonds. The van der Waals surface area contributed by atoms with Gasteiger partial charge >= 0.3 is 0 Å². The summed E-state index contributed by atoms with van der Waals surface area (Å²) >= 11 is 7.31. The van der Waals surface area contributed by atoms with E-state index in [1.54, 1.807) is 24.3 Å². The maximum atomic E-state index is 12.2. The van der Waals surface area contributed by atoms with Gasteiger partial charge in [-0.3, -0.25) is 0 Å². The first-order chi connectivity index (χ1) is 10.0. The van der Waals surface area contributed by atoms with Gasteiger partial charge in [0.25, 0.3) is 0 Å². The van der Waals surface area contributed by atoms with E-state index in [2.05, 4.69) is 15.6 Å². The molecule has 2 aromatic rings. The van der Waals surface area contributed by atoms with Gasteiger partial charge in [0.1, 0.15) is 5.15 Å². The van der Waals surface area contributed by atoms with Crippen molar-refractivity contribution in [2.75, 3.05) is 18.1 Å². The fraction of sp³-hybridized carbons (Fsp3) is 0.214. The van der Waals surface area contributed by atoms with Gasteiger partial charge < -0.3 is 0 Å². The summed E-state index contributed by atoms with van der Waals surface area (Å²) in [5.41, 5.74) is 0.658. The Labute approximate surface area is 133 Å². The Bertz CT molecular complexity index is 785. The van der Waals surface area contributed by atoms with Crippen molar-refractivity contribution in [3.05, 3.63) is 35.5 Å². The highest BCUT2D eigenvalue weighted by atomic mass is 35.5. The number of rotatable bonds is 6. The minimum Gasteiger partial charge on any atom is -0.236 e. The summed E-state index contributed by atoms with van der Waals surface area (Å²) < 4.78 is 26.9. The third-order valence-corrected chi connectivity index (χ3v) is 5.19. The Kier molecular flexibility index (Phi) is 5.48. The van der Waals surface area contributed by atoms with Crippen molar-refractivity contribution in [1.29, 1.82) is 0 Å². The minimum absolute atomic E-state index is 0.209. The topological polar surface area (TPSA) is 59.1 Å². The molecule has 0 bridgehead atoms. The predicted octanol–water partition coefficient (Wildman–Crippen LogP) is 2.53. The molecule has 0 saturated carbocycles. The number of pyridine rings is 1. The van der Waals surface area contributed by atoms with Crippen LogP contribution in [0.3, 0.4) is 0 Å². The van der Waals surface area contributed by atoms with E-state index >= 15 is 0 Å². The number of hydrogen-bond donors (Lipinski definition) is 1. The Hall–Kier alpha value is -1.26. The van der Waals surface area contributed by atoms with Gasteiger partial charge in [-0.05, 0) is 30.3 Å². The van der Waals surface area contributed by atoms with Gasteiger partial charge in [-0.25, -0.2) is 18.1 Å². The van der Waals surface area contributed by atoms with Crippen molar-refractivity contribution in [3.8, 4) is 12.3 Å².